The van der Waals surface area contributed by atoms with E-state index < -0.39 is 0 Å². The monoisotopic (exact) mass is 219 g/mol. The summed E-state index contributed by atoms with van der Waals surface area (Å²) in [4.78, 5) is 0. The van der Waals surface area contributed by atoms with Gasteiger partial charge in [0.05, 0.1) is 6.61 Å². The van der Waals surface area contributed by atoms with E-state index in [0.29, 0.717) is 6.04 Å². The molecule has 1 aliphatic heterocycles. The molecule has 1 aliphatic rings. The minimum atomic E-state index is 0.341. The minimum Gasteiger partial charge on any atom is -0.493 e. The molecule has 0 aromatic heterocycles. The highest BCUT2D eigenvalue weighted by Gasteiger charge is 2.11. The minimum absolute atomic E-state index is 0.341. The molecule has 0 fully saturated rings. The maximum Gasteiger partial charge on any atom is 0.122 e. The summed E-state index contributed by atoms with van der Waals surface area (Å²) in [7, 11) is 0. The van der Waals surface area contributed by atoms with Gasteiger partial charge in [-0.05, 0) is 43.4 Å². The summed E-state index contributed by atoms with van der Waals surface area (Å²) >= 11 is 0. The molecular formula is C14H21NO. The van der Waals surface area contributed by atoms with Crippen LogP contribution >= 0.6 is 0 Å². The second-order valence-electron chi connectivity index (χ2n) is 4.76. The molecule has 1 aromatic carbocycles. The van der Waals surface area contributed by atoms with E-state index in [2.05, 4.69) is 25.1 Å². The van der Waals surface area contributed by atoms with E-state index >= 15 is 0 Å². The zero-order chi connectivity index (χ0) is 11.4. The van der Waals surface area contributed by atoms with E-state index in [9.17, 15) is 0 Å². The van der Waals surface area contributed by atoms with Crippen LogP contribution in [0.3, 0.4) is 0 Å². The molecule has 1 unspecified atom stereocenters. The van der Waals surface area contributed by atoms with Crippen molar-refractivity contribution in [2.24, 2.45) is 5.73 Å². The lowest BCUT2D eigenvalue weighted by molar-refractivity contribution is 0.357. The van der Waals surface area contributed by atoms with Crippen LogP contribution in [-0.4, -0.2) is 12.6 Å². The Balaban J connectivity index is 1.81. The van der Waals surface area contributed by atoms with Crippen molar-refractivity contribution in [2.45, 2.75) is 45.1 Å². The van der Waals surface area contributed by atoms with Crippen molar-refractivity contribution < 1.29 is 4.74 Å². The van der Waals surface area contributed by atoms with Gasteiger partial charge in [-0.1, -0.05) is 18.6 Å². The van der Waals surface area contributed by atoms with Gasteiger partial charge in [-0.25, -0.2) is 0 Å². The predicted octanol–water partition coefficient (Wildman–Crippen LogP) is 2.68. The summed E-state index contributed by atoms with van der Waals surface area (Å²) in [5, 5.41) is 0. The van der Waals surface area contributed by atoms with Crippen LogP contribution in [0.15, 0.2) is 18.2 Å². The van der Waals surface area contributed by atoms with Gasteiger partial charge >= 0.3 is 0 Å². The fourth-order valence-corrected chi connectivity index (χ4v) is 2.19. The second kappa shape index (κ2) is 5.35. The molecule has 2 nitrogen and oxygen atoms in total. The van der Waals surface area contributed by atoms with Crippen LogP contribution in [0.2, 0.25) is 0 Å². The fraction of sp³-hybridized carbons (Fsp3) is 0.571. The maximum absolute atomic E-state index is 5.73. The Labute approximate surface area is 97.8 Å². The van der Waals surface area contributed by atoms with Gasteiger partial charge in [0.2, 0.25) is 0 Å². The van der Waals surface area contributed by atoms with Crippen molar-refractivity contribution >= 4 is 0 Å². The zero-order valence-electron chi connectivity index (χ0n) is 10.0. The number of hydrogen-bond acceptors (Lipinski definition) is 2. The fourth-order valence-electron chi connectivity index (χ4n) is 2.19. The van der Waals surface area contributed by atoms with Gasteiger partial charge in [0, 0.05) is 12.5 Å². The van der Waals surface area contributed by atoms with Crippen molar-refractivity contribution in [1.29, 1.82) is 0 Å². The van der Waals surface area contributed by atoms with Gasteiger partial charge in [0.15, 0.2) is 0 Å². The van der Waals surface area contributed by atoms with E-state index in [4.69, 9.17) is 10.5 Å². The molecule has 88 valence electrons. The third-order valence-electron chi connectivity index (χ3n) is 3.13. The van der Waals surface area contributed by atoms with Gasteiger partial charge in [-0.2, -0.15) is 0 Å². The number of rotatable bonds is 5. The van der Waals surface area contributed by atoms with Gasteiger partial charge in [0.25, 0.3) is 0 Å². The number of fused-ring (bicyclic) bond motifs is 1. The number of benzene rings is 1. The first-order valence-corrected chi connectivity index (χ1v) is 6.26. The van der Waals surface area contributed by atoms with Gasteiger partial charge in [-0.15, -0.1) is 0 Å². The number of nitrogens with two attached hydrogens (primary N) is 1. The van der Waals surface area contributed by atoms with E-state index in [1.165, 1.54) is 30.4 Å². The lowest BCUT2D eigenvalue weighted by Crippen LogP contribution is -2.14. The third kappa shape index (κ3) is 2.99. The standard InChI is InChI=1S/C14H21NO/c1-11(15)4-2-3-5-12-6-7-14-13(10-12)8-9-16-14/h6-7,10-11H,2-5,8-9,15H2,1H3. The Bertz CT molecular complexity index is 347. The molecule has 0 amide bonds. The Hall–Kier alpha value is -1.02. The summed E-state index contributed by atoms with van der Waals surface area (Å²) in [6.45, 7) is 2.93. The van der Waals surface area contributed by atoms with Crippen LogP contribution in [0.25, 0.3) is 0 Å². The van der Waals surface area contributed by atoms with Crippen LogP contribution in [0, 0.1) is 0 Å². The summed E-state index contributed by atoms with van der Waals surface area (Å²) < 4.78 is 5.49. The third-order valence-corrected chi connectivity index (χ3v) is 3.13. The molecule has 0 bridgehead atoms. The van der Waals surface area contributed by atoms with Crippen molar-refractivity contribution in [3.63, 3.8) is 0 Å². The zero-order valence-corrected chi connectivity index (χ0v) is 10.0. The smallest absolute Gasteiger partial charge is 0.122 e. The Morgan fingerprint density at radius 3 is 3.06 bits per heavy atom. The number of unbranched alkanes of at least 4 members (excludes halogenated alkanes) is 1. The van der Waals surface area contributed by atoms with Crippen LogP contribution in [0.4, 0.5) is 0 Å². The average molecular weight is 219 g/mol. The summed E-state index contributed by atoms with van der Waals surface area (Å²) in [5.74, 6) is 1.08. The molecule has 1 aromatic rings. The molecule has 1 heterocycles. The Morgan fingerprint density at radius 2 is 2.25 bits per heavy atom. The number of ether oxygens (including phenoxy) is 1. The highest BCUT2D eigenvalue weighted by Crippen LogP contribution is 2.26. The van der Waals surface area contributed by atoms with Crippen LogP contribution in [0.1, 0.15) is 37.3 Å². The molecule has 2 rings (SSSR count). The van der Waals surface area contributed by atoms with Crippen LogP contribution < -0.4 is 10.5 Å². The van der Waals surface area contributed by atoms with E-state index in [1.807, 2.05) is 0 Å². The number of hydrogen-bond donors (Lipinski definition) is 1. The van der Waals surface area contributed by atoms with E-state index in [0.717, 1.165) is 25.2 Å². The molecule has 2 heteroatoms. The quantitative estimate of drug-likeness (QED) is 0.773. The van der Waals surface area contributed by atoms with Crippen LogP contribution in [-0.2, 0) is 12.8 Å². The number of aryl methyl sites for hydroxylation is 1. The molecule has 1 atom stereocenters. The highest BCUT2D eigenvalue weighted by atomic mass is 16.5. The molecule has 16 heavy (non-hydrogen) atoms. The van der Waals surface area contributed by atoms with Gasteiger partial charge in [0.1, 0.15) is 5.75 Å². The molecule has 0 radical (unpaired) electrons. The SMILES string of the molecule is CC(N)CCCCc1ccc2c(c1)CCO2. The van der Waals surface area contributed by atoms with Crippen molar-refractivity contribution in [2.75, 3.05) is 6.61 Å². The lowest BCUT2D eigenvalue weighted by Gasteiger charge is -2.06. The van der Waals surface area contributed by atoms with E-state index in [-0.39, 0.29) is 0 Å². The topological polar surface area (TPSA) is 35.2 Å². The van der Waals surface area contributed by atoms with E-state index in [1.54, 1.807) is 0 Å². The molecule has 0 saturated carbocycles. The summed E-state index contributed by atoms with van der Waals surface area (Å²) in [5.41, 5.74) is 8.55. The molecular weight excluding hydrogens is 198 g/mol. The molecule has 0 saturated heterocycles. The summed E-state index contributed by atoms with van der Waals surface area (Å²) in [6.07, 6.45) is 5.84. The predicted molar refractivity (Wildman–Crippen MR) is 66.8 cm³/mol. The Morgan fingerprint density at radius 1 is 1.38 bits per heavy atom. The second-order valence-corrected chi connectivity index (χ2v) is 4.76. The Kier molecular flexibility index (Phi) is 3.83. The first-order valence-electron chi connectivity index (χ1n) is 6.26. The van der Waals surface area contributed by atoms with Gasteiger partial charge in [-0.3, -0.25) is 0 Å². The molecule has 0 spiro atoms. The average Bonchev–Trinajstić information content (AvgIpc) is 2.71. The van der Waals surface area contributed by atoms with Gasteiger partial charge < -0.3 is 10.5 Å². The van der Waals surface area contributed by atoms with Crippen LogP contribution in [0.5, 0.6) is 5.75 Å². The summed E-state index contributed by atoms with van der Waals surface area (Å²) in [6, 6.07) is 6.95. The largest absolute Gasteiger partial charge is 0.493 e. The first-order chi connectivity index (χ1) is 7.75. The van der Waals surface area contributed by atoms with Crippen molar-refractivity contribution in [1.82, 2.24) is 0 Å². The lowest BCUT2D eigenvalue weighted by atomic mass is 10.0. The first kappa shape index (κ1) is 11.5. The normalized spacial score (nSPS) is 15.6. The highest BCUT2D eigenvalue weighted by molar-refractivity contribution is 5.39. The van der Waals surface area contributed by atoms with Crippen molar-refractivity contribution in [3.8, 4) is 5.75 Å². The van der Waals surface area contributed by atoms with Crippen molar-refractivity contribution in [3.05, 3.63) is 29.3 Å². The molecule has 2 N–H and O–H groups in total. The molecule has 0 aliphatic carbocycles. The maximum atomic E-state index is 5.73.